The van der Waals surface area contributed by atoms with Crippen molar-refractivity contribution in [2.45, 2.75) is 0 Å². The predicted octanol–water partition coefficient (Wildman–Crippen LogP) is 2.38. The van der Waals surface area contributed by atoms with Gasteiger partial charge in [0.05, 0.1) is 13.4 Å². The second kappa shape index (κ2) is 3.78. The number of esters is 1. The summed E-state index contributed by atoms with van der Waals surface area (Å²) in [5.74, 6) is 0.170. The quantitative estimate of drug-likeness (QED) is 0.794. The number of furan rings is 1. The van der Waals surface area contributed by atoms with E-state index in [0.717, 1.165) is 0 Å². The van der Waals surface area contributed by atoms with Gasteiger partial charge in [-0.2, -0.15) is 0 Å². The van der Waals surface area contributed by atoms with Gasteiger partial charge in [0.1, 0.15) is 16.3 Å². The van der Waals surface area contributed by atoms with Crippen molar-refractivity contribution in [3.63, 3.8) is 0 Å². The van der Waals surface area contributed by atoms with Crippen LogP contribution in [0.25, 0.3) is 11.3 Å². The number of methoxy groups -OCH3 is 1. The van der Waals surface area contributed by atoms with Gasteiger partial charge >= 0.3 is 5.97 Å². The van der Waals surface area contributed by atoms with Gasteiger partial charge in [-0.15, -0.1) is 11.3 Å². The molecule has 0 radical (unpaired) electrons. The summed E-state index contributed by atoms with van der Waals surface area (Å²) in [6.45, 7) is 0. The van der Waals surface area contributed by atoms with Crippen molar-refractivity contribution in [3.8, 4) is 11.3 Å². The minimum atomic E-state index is -0.444. The molecular formula is C10H9NO3S. The van der Waals surface area contributed by atoms with E-state index < -0.39 is 5.97 Å². The standard InChI is InChI=1S/C10H9NO3S/c1-13-10(12)8-6(5-15-9(8)11)7-3-2-4-14-7/h2-5H,11H2,1H3. The van der Waals surface area contributed by atoms with E-state index in [-0.39, 0.29) is 0 Å². The average molecular weight is 223 g/mol. The molecule has 2 aromatic heterocycles. The van der Waals surface area contributed by atoms with Crippen LogP contribution in [0.1, 0.15) is 10.4 Å². The lowest BCUT2D eigenvalue weighted by Crippen LogP contribution is -2.04. The summed E-state index contributed by atoms with van der Waals surface area (Å²) in [6, 6.07) is 3.53. The molecule has 0 bridgehead atoms. The topological polar surface area (TPSA) is 65.5 Å². The minimum absolute atomic E-state index is 0.373. The zero-order valence-corrected chi connectivity index (χ0v) is 8.84. The molecule has 0 unspecified atom stereocenters. The molecule has 0 aliphatic carbocycles. The molecule has 0 spiro atoms. The van der Waals surface area contributed by atoms with E-state index >= 15 is 0 Å². The van der Waals surface area contributed by atoms with Crippen LogP contribution in [0.4, 0.5) is 5.00 Å². The van der Waals surface area contributed by atoms with Crippen LogP contribution in [0.3, 0.4) is 0 Å². The predicted molar refractivity (Wildman–Crippen MR) is 57.8 cm³/mol. The lowest BCUT2D eigenvalue weighted by atomic mass is 10.1. The third-order valence-electron chi connectivity index (χ3n) is 2.00. The van der Waals surface area contributed by atoms with E-state index in [9.17, 15) is 4.79 Å². The minimum Gasteiger partial charge on any atom is -0.465 e. The zero-order chi connectivity index (χ0) is 10.8. The normalized spacial score (nSPS) is 10.2. The highest BCUT2D eigenvalue weighted by molar-refractivity contribution is 7.14. The van der Waals surface area contributed by atoms with Crippen molar-refractivity contribution in [2.24, 2.45) is 0 Å². The molecule has 5 heteroatoms. The second-order valence-corrected chi connectivity index (χ2v) is 3.77. The number of carbonyl (C=O) groups is 1. The number of hydrogen-bond donors (Lipinski definition) is 1. The Morgan fingerprint density at radius 3 is 3.00 bits per heavy atom. The number of nitrogen functional groups attached to an aromatic ring is 1. The summed E-state index contributed by atoms with van der Waals surface area (Å²) in [5.41, 5.74) is 6.75. The molecule has 0 atom stereocenters. The molecule has 4 nitrogen and oxygen atoms in total. The molecule has 0 aliphatic rings. The van der Waals surface area contributed by atoms with E-state index in [1.807, 2.05) is 0 Å². The lowest BCUT2D eigenvalue weighted by Gasteiger charge is -2.00. The van der Waals surface area contributed by atoms with Crippen LogP contribution in [0.2, 0.25) is 0 Å². The van der Waals surface area contributed by atoms with Crippen LogP contribution in [0, 0.1) is 0 Å². The SMILES string of the molecule is COC(=O)c1c(-c2ccco2)csc1N. The molecule has 0 saturated heterocycles. The highest BCUT2D eigenvalue weighted by Crippen LogP contribution is 2.34. The fourth-order valence-electron chi connectivity index (χ4n) is 1.30. The fraction of sp³-hybridized carbons (Fsp3) is 0.100. The second-order valence-electron chi connectivity index (χ2n) is 2.86. The number of thiophene rings is 1. The molecule has 15 heavy (non-hydrogen) atoms. The molecule has 0 saturated carbocycles. The Morgan fingerprint density at radius 1 is 1.60 bits per heavy atom. The molecule has 2 N–H and O–H groups in total. The van der Waals surface area contributed by atoms with Crippen LogP contribution >= 0.6 is 11.3 Å². The first kappa shape index (κ1) is 9.79. The van der Waals surface area contributed by atoms with E-state index in [2.05, 4.69) is 4.74 Å². The first-order chi connectivity index (χ1) is 7.24. The Balaban J connectivity index is 2.54. The Morgan fingerprint density at radius 2 is 2.40 bits per heavy atom. The number of rotatable bonds is 2. The molecule has 0 aromatic carbocycles. The first-order valence-corrected chi connectivity index (χ1v) is 5.11. The highest BCUT2D eigenvalue weighted by atomic mass is 32.1. The van der Waals surface area contributed by atoms with E-state index in [0.29, 0.717) is 21.9 Å². The largest absolute Gasteiger partial charge is 0.465 e. The van der Waals surface area contributed by atoms with Gasteiger partial charge < -0.3 is 14.9 Å². The van der Waals surface area contributed by atoms with E-state index in [1.165, 1.54) is 18.4 Å². The van der Waals surface area contributed by atoms with Crippen molar-refractivity contribution < 1.29 is 13.9 Å². The maximum Gasteiger partial charge on any atom is 0.341 e. The summed E-state index contributed by atoms with van der Waals surface area (Å²) in [7, 11) is 1.32. The summed E-state index contributed by atoms with van der Waals surface area (Å²) in [4.78, 5) is 11.5. The number of ether oxygens (including phenoxy) is 1. The Hall–Kier alpha value is -1.75. The number of carbonyl (C=O) groups excluding carboxylic acids is 1. The molecule has 0 amide bonds. The van der Waals surface area contributed by atoms with E-state index in [1.54, 1.807) is 23.8 Å². The number of nitrogens with two attached hydrogens (primary N) is 1. The van der Waals surface area contributed by atoms with Crippen molar-refractivity contribution in [1.29, 1.82) is 0 Å². The van der Waals surface area contributed by atoms with Crippen LogP contribution in [-0.4, -0.2) is 13.1 Å². The van der Waals surface area contributed by atoms with Gasteiger partial charge in [0.25, 0.3) is 0 Å². The van der Waals surface area contributed by atoms with Crippen LogP contribution in [0.15, 0.2) is 28.2 Å². The lowest BCUT2D eigenvalue weighted by molar-refractivity contribution is 0.0603. The fourth-order valence-corrected chi connectivity index (χ4v) is 2.09. The van der Waals surface area contributed by atoms with Crippen molar-refractivity contribution >= 4 is 22.3 Å². The molecule has 2 aromatic rings. The summed E-state index contributed by atoms with van der Waals surface area (Å²) < 4.78 is 9.87. The molecular weight excluding hydrogens is 214 g/mol. The van der Waals surface area contributed by atoms with Crippen molar-refractivity contribution in [2.75, 3.05) is 12.8 Å². The maximum absolute atomic E-state index is 11.5. The van der Waals surface area contributed by atoms with Crippen LogP contribution < -0.4 is 5.73 Å². The summed E-state index contributed by atoms with van der Waals surface area (Å²) in [5, 5.41) is 2.22. The van der Waals surface area contributed by atoms with Gasteiger partial charge in [-0.1, -0.05) is 0 Å². The van der Waals surface area contributed by atoms with Gasteiger partial charge in [-0.25, -0.2) is 4.79 Å². The summed E-state index contributed by atoms with van der Waals surface area (Å²) in [6.07, 6.45) is 1.55. The van der Waals surface area contributed by atoms with Crippen molar-refractivity contribution in [3.05, 3.63) is 29.3 Å². The molecule has 78 valence electrons. The molecule has 0 aliphatic heterocycles. The Bertz CT molecular complexity index is 473. The highest BCUT2D eigenvalue weighted by Gasteiger charge is 2.20. The van der Waals surface area contributed by atoms with Crippen LogP contribution in [-0.2, 0) is 4.74 Å². The Labute approximate surface area is 90.3 Å². The third-order valence-corrected chi connectivity index (χ3v) is 2.81. The smallest absolute Gasteiger partial charge is 0.341 e. The van der Waals surface area contributed by atoms with Crippen LogP contribution in [0.5, 0.6) is 0 Å². The van der Waals surface area contributed by atoms with Gasteiger partial charge in [-0.05, 0) is 12.1 Å². The van der Waals surface area contributed by atoms with E-state index in [4.69, 9.17) is 10.2 Å². The molecule has 0 fully saturated rings. The van der Waals surface area contributed by atoms with Gasteiger partial charge in [-0.3, -0.25) is 0 Å². The maximum atomic E-state index is 11.5. The summed E-state index contributed by atoms with van der Waals surface area (Å²) >= 11 is 1.29. The van der Waals surface area contributed by atoms with Crippen molar-refractivity contribution in [1.82, 2.24) is 0 Å². The first-order valence-electron chi connectivity index (χ1n) is 4.23. The zero-order valence-electron chi connectivity index (χ0n) is 8.02. The molecule has 2 heterocycles. The third kappa shape index (κ3) is 1.61. The van der Waals surface area contributed by atoms with Gasteiger partial charge in [0.2, 0.25) is 0 Å². The van der Waals surface area contributed by atoms with Gasteiger partial charge in [0, 0.05) is 10.9 Å². The monoisotopic (exact) mass is 223 g/mol. The van der Waals surface area contributed by atoms with Gasteiger partial charge in [0.15, 0.2) is 0 Å². The number of anilines is 1. The number of hydrogen-bond acceptors (Lipinski definition) is 5. The molecule has 2 rings (SSSR count). The Kier molecular flexibility index (Phi) is 2.47. The average Bonchev–Trinajstić information content (AvgIpc) is 2.85.